The first-order valence-electron chi connectivity index (χ1n) is 9.26. The van der Waals surface area contributed by atoms with E-state index in [4.69, 9.17) is 9.72 Å². The van der Waals surface area contributed by atoms with Crippen molar-refractivity contribution in [2.24, 2.45) is 14.1 Å². The first-order valence-corrected chi connectivity index (χ1v) is 9.26. The summed E-state index contributed by atoms with van der Waals surface area (Å²) in [6.07, 6.45) is 0. The van der Waals surface area contributed by atoms with E-state index in [9.17, 15) is 9.59 Å². The molecular weight excluding hydrogens is 360 g/mol. The molecule has 28 heavy (non-hydrogen) atoms. The number of fused-ring (bicyclic) bond motifs is 1. The standard InChI is InChI=1S/C19H24N6O3/c1-22-16-15(17(26)23(2)19(22)27)25(12-13-4-6-14(28-3)7-5-13)18(21-16)24-10-8-20-9-11-24/h4-7,20H,8-12H2,1-3H3. The van der Waals surface area contributed by atoms with Gasteiger partial charge in [-0.15, -0.1) is 0 Å². The van der Waals surface area contributed by atoms with Crippen LogP contribution in [-0.4, -0.2) is 52.0 Å². The zero-order valence-corrected chi connectivity index (χ0v) is 16.3. The smallest absolute Gasteiger partial charge is 0.332 e. The Bertz CT molecular complexity index is 1120. The molecular formula is C19H24N6O3. The molecule has 0 unspecified atom stereocenters. The van der Waals surface area contributed by atoms with Crippen LogP contribution < -0.4 is 26.2 Å². The van der Waals surface area contributed by atoms with Gasteiger partial charge < -0.3 is 15.0 Å². The van der Waals surface area contributed by atoms with Crippen LogP contribution in [0.3, 0.4) is 0 Å². The van der Waals surface area contributed by atoms with Gasteiger partial charge in [-0.05, 0) is 17.7 Å². The highest BCUT2D eigenvalue weighted by molar-refractivity contribution is 5.74. The number of piperazine rings is 1. The Labute approximate surface area is 161 Å². The van der Waals surface area contributed by atoms with E-state index in [0.717, 1.165) is 42.1 Å². The van der Waals surface area contributed by atoms with Crippen molar-refractivity contribution in [1.82, 2.24) is 24.0 Å². The van der Waals surface area contributed by atoms with E-state index in [1.807, 2.05) is 28.8 Å². The number of hydrogen-bond acceptors (Lipinski definition) is 6. The van der Waals surface area contributed by atoms with Crippen molar-refractivity contribution in [2.45, 2.75) is 6.54 Å². The van der Waals surface area contributed by atoms with Crippen molar-refractivity contribution in [2.75, 3.05) is 38.2 Å². The van der Waals surface area contributed by atoms with E-state index in [1.54, 1.807) is 14.2 Å². The number of ether oxygens (including phenoxy) is 1. The molecule has 9 heteroatoms. The predicted molar refractivity (Wildman–Crippen MR) is 107 cm³/mol. The summed E-state index contributed by atoms with van der Waals surface area (Å²) in [5.41, 5.74) is 1.16. The highest BCUT2D eigenvalue weighted by atomic mass is 16.5. The highest BCUT2D eigenvalue weighted by Crippen LogP contribution is 2.22. The zero-order chi connectivity index (χ0) is 19.8. The highest BCUT2D eigenvalue weighted by Gasteiger charge is 2.23. The van der Waals surface area contributed by atoms with Crippen molar-refractivity contribution in [3.8, 4) is 5.75 Å². The first kappa shape index (κ1) is 18.3. The van der Waals surface area contributed by atoms with Gasteiger partial charge in [0.2, 0.25) is 5.95 Å². The van der Waals surface area contributed by atoms with Crippen LogP contribution in [0.5, 0.6) is 5.75 Å². The number of anilines is 1. The summed E-state index contributed by atoms with van der Waals surface area (Å²) >= 11 is 0. The van der Waals surface area contributed by atoms with E-state index < -0.39 is 0 Å². The molecule has 148 valence electrons. The summed E-state index contributed by atoms with van der Waals surface area (Å²) in [5, 5.41) is 3.33. The number of rotatable bonds is 4. The summed E-state index contributed by atoms with van der Waals surface area (Å²) in [5.74, 6) is 1.49. The van der Waals surface area contributed by atoms with Crippen molar-refractivity contribution < 1.29 is 4.74 Å². The molecule has 0 aliphatic carbocycles. The Morgan fingerprint density at radius 2 is 1.75 bits per heavy atom. The van der Waals surface area contributed by atoms with Gasteiger partial charge in [0.25, 0.3) is 5.56 Å². The zero-order valence-electron chi connectivity index (χ0n) is 16.3. The maximum atomic E-state index is 12.9. The molecule has 4 rings (SSSR count). The molecule has 1 aromatic carbocycles. The van der Waals surface area contributed by atoms with E-state index >= 15 is 0 Å². The number of methoxy groups -OCH3 is 1. The lowest BCUT2D eigenvalue weighted by Gasteiger charge is -2.28. The van der Waals surface area contributed by atoms with Gasteiger partial charge in [0.1, 0.15) is 5.75 Å². The molecule has 3 heterocycles. The SMILES string of the molecule is COc1ccc(Cn2c(N3CCNCC3)nc3c2c(=O)n(C)c(=O)n3C)cc1. The Balaban J connectivity index is 1.92. The largest absolute Gasteiger partial charge is 0.497 e. The second-order valence-corrected chi connectivity index (χ2v) is 6.96. The van der Waals surface area contributed by atoms with E-state index in [1.165, 1.54) is 11.6 Å². The van der Waals surface area contributed by atoms with E-state index in [2.05, 4.69) is 10.2 Å². The van der Waals surface area contributed by atoms with Gasteiger partial charge in [-0.25, -0.2) is 4.79 Å². The number of aryl methyl sites for hydroxylation is 1. The molecule has 1 aliphatic heterocycles. The quantitative estimate of drug-likeness (QED) is 0.676. The summed E-state index contributed by atoms with van der Waals surface area (Å²) in [4.78, 5) is 32.2. The lowest BCUT2D eigenvalue weighted by molar-refractivity contribution is 0.414. The molecule has 0 spiro atoms. The minimum absolute atomic E-state index is 0.333. The third kappa shape index (κ3) is 2.97. The van der Waals surface area contributed by atoms with Crippen LogP contribution in [0.25, 0.3) is 11.2 Å². The molecule has 1 saturated heterocycles. The van der Waals surface area contributed by atoms with Crippen molar-refractivity contribution in [3.05, 3.63) is 50.7 Å². The fraction of sp³-hybridized carbons (Fsp3) is 0.421. The molecule has 0 amide bonds. The van der Waals surface area contributed by atoms with Crippen LogP contribution in [0.15, 0.2) is 33.9 Å². The second kappa shape index (κ2) is 7.16. The third-order valence-corrected chi connectivity index (χ3v) is 5.23. The lowest BCUT2D eigenvalue weighted by Crippen LogP contribution is -2.44. The van der Waals surface area contributed by atoms with Crippen LogP contribution in [0, 0.1) is 0 Å². The number of benzene rings is 1. The Hall–Kier alpha value is -3.07. The van der Waals surface area contributed by atoms with Gasteiger partial charge in [-0.3, -0.25) is 18.5 Å². The van der Waals surface area contributed by atoms with Gasteiger partial charge in [0, 0.05) is 40.3 Å². The molecule has 0 saturated carbocycles. The average Bonchev–Trinajstić information content (AvgIpc) is 3.11. The molecule has 0 atom stereocenters. The molecule has 0 radical (unpaired) electrons. The summed E-state index contributed by atoms with van der Waals surface area (Å²) in [6, 6.07) is 7.73. The normalized spacial score (nSPS) is 14.6. The van der Waals surface area contributed by atoms with Crippen molar-refractivity contribution >= 4 is 17.1 Å². The summed E-state index contributed by atoms with van der Waals surface area (Å²) < 4.78 is 9.72. The Morgan fingerprint density at radius 3 is 2.39 bits per heavy atom. The van der Waals surface area contributed by atoms with Crippen LogP contribution in [0.1, 0.15) is 5.56 Å². The summed E-state index contributed by atoms with van der Waals surface area (Å²) in [6.45, 7) is 3.76. The van der Waals surface area contributed by atoms with Crippen molar-refractivity contribution in [3.63, 3.8) is 0 Å². The van der Waals surface area contributed by atoms with Crippen molar-refractivity contribution in [1.29, 1.82) is 0 Å². The minimum atomic E-state index is -0.376. The first-order chi connectivity index (χ1) is 13.5. The summed E-state index contributed by atoms with van der Waals surface area (Å²) in [7, 11) is 4.78. The number of nitrogens with zero attached hydrogens (tertiary/aromatic N) is 5. The number of imidazole rings is 1. The van der Waals surface area contributed by atoms with E-state index in [-0.39, 0.29) is 11.2 Å². The minimum Gasteiger partial charge on any atom is -0.497 e. The second-order valence-electron chi connectivity index (χ2n) is 6.96. The topological polar surface area (TPSA) is 86.3 Å². The van der Waals surface area contributed by atoms with Gasteiger partial charge in [-0.2, -0.15) is 4.98 Å². The predicted octanol–water partition coefficient (Wildman–Crippen LogP) is -0.0998. The number of hydrogen-bond donors (Lipinski definition) is 1. The molecule has 0 bridgehead atoms. The molecule has 9 nitrogen and oxygen atoms in total. The van der Waals surface area contributed by atoms with Gasteiger partial charge in [-0.1, -0.05) is 12.1 Å². The molecule has 2 aromatic heterocycles. The third-order valence-electron chi connectivity index (χ3n) is 5.23. The maximum Gasteiger partial charge on any atom is 0.332 e. The van der Waals surface area contributed by atoms with Crippen LogP contribution >= 0.6 is 0 Å². The van der Waals surface area contributed by atoms with Crippen LogP contribution in [0.2, 0.25) is 0 Å². The average molecular weight is 384 g/mol. The fourth-order valence-electron chi connectivity index (χ4n) is 3.60. The van der Waals surface area contributed by atoms with Crippen LogP contribution in [-0.2, 0) is 20.6 Å². The lowest BCUT2D eigenvalue weighted by atomic mass is 10.2. The maximum absolute atomic E-state index is 12.9. The van der Waals surface area contributed by atoms with E-state index in [0.29, 0.717) is 23.7 Å². The number of aromatic nitrogens is 4. The molecule has 1 N–H and O–H groups in total. The van der Waals surface area contributed by atoms with Gasteiger partial charge in [0.05, 0.1) is 13.7 Å². The molecule has 1 fully saturated rings. The Morgan fingerprint density at radius 1 is 1.07 bits per heavy atom. The van der Waals surface area contributed by atoms with Gasteiger partial charge >= 0.3 is 5.69 Å². The monoisotopic (exact) mass is 384 g/mol. The van der Waals surface area contributed by atoms with Gasteiger partial charge in [0.15, 0.2) is 11.2 Å². The molecule has 1 aliphatic rings. The number of nitrogens with one attached hydrogen (secondary N) is 1. The molecule has 3 aromatic rings. The Kier molecular flexibility index (Phi) is 4.68. The fourth-order valence-corrected chi connectivity index (χ4v) is 3.60. The van der Waals surface area contributed by atoms with Crippen LogP contribution in [0.4, 0.5) is 5.95 Å².